The first-order chi connectivity index (χ1) is 6.11. The minimum Gasteiger partial charge on any atom is -0.427 e. The standard InChI is InChI=1S/C8H6F2N2O/c1-4-7(10)5(9)2-6-8(4)11-3-12(6)13/h2-3,13H,1H3. The number of rotatable bonds is 0. The van der Waals surface area contributed by atoms with E-state index in [0.29, 0.717) is 4.73 Å². The summed E-state index contributed by atoms with van der Waals surface area (Å²) in [7, 11) is 0. The van der Waals surface area contributed by atoms with Gasteiger partial charge in [-0.05, 0) is 6.92 Å². The largest absolute Gasteiger partial charge is 0.427 e. The van der Waals surface area contributed by atoms with Gasteiger partial charge in [0.15, 0.2) is 11.6 Å². The molecule has 1 N–H and O–H groups in total. The molecule has 1 heterocycles. The molecule has 0 spiro atoms. The zero-order chi connectivity index (χ0) is 9.59. The van der Waals surface area contributed by atoms with E-state index in [4.69, 9.17) is 5.21 Å². The Labute approximate surface area is 72.2 Å². The third-order valence-corrected chi connectivity index (χ3v) is 1.94. The Balaban J connectivity index is 2.96. The molecule has 3 nitrogen and oxygen atoms in total. The van der Waals surface area contributed by atoms with Gasteiger partial charge in [0.1, 0.15) is 11.8 Å². The molecule has 0 aliphatic carbocycles. The predicted molar refractivity (Wildman–Crippen MR) is 41.6 cm³/mol. The molecule has 0 radical (unpaired) electrons. The Kier molecular flexibility index (Phi) is 1.48. The van der Waals surface area contributed by atoms with Gasteiger partial charge >= 0.3 is 0 Å². The van der Waals surface area contributed by atoms with Crippen molar-refractivity contribution in [3.05, 3.63) is 29.6 Å². The quantitative estimate of drug-likeness (QED) is 0.634. The van der Waals surface area contributed by atoms with E-state index in [1.165, 1.54) is 6.92 Å². The van der Waals surface area contributed by atoms with Gasteiger partial charge in [0.25, 0.3) is 0 Å². The van der Waals surface area contributed by atoms with Crippen LogP contribution >= 0.6 is 0 Å². The Bertz CT molecular complexity index is 478. The summed E-state index contributed by atoms with van der Waals surface area (Å²) in [5.74, 6) is -1.91. The number of nitrogens with zero attached hydrogens (tertiary/aromatic N) is 2. The number of benzene rings is 1. The number of hydrogen-bond donors (Lipinski definition) is 1. The fourth-order valence-electron chi connectivity index (χ4n) is 1.24. The van der Waals surface area contributed by atoms with Crippen LogP contribution < -0.4 is 0 Å². The van der Waals surface area contributed by atoms with Gasteiger partial charge in [-0.1, -0.05) is 0 Å². The molecule has 2 aromatic rings. The lowest BCUT2D eigenvalue weighted by molar-refractivity contribution is 0.198. The van der Waals surface area contributed by atoms with Crippen LogP contribution in [0.25, 0.3) is 11.0 Å². The summed E-state index contributed by atoms with van der Waals surface area (Å²) in [6, 6.07) is 0.907. The highest BCUT2D eigenvalue weighted by Gasteiger charge is 2.13. The highest BCUT2D eigenvalue weighted by atomic mass is 19.2. The summed E-state index contributed by atoms with van der Waals surface area (Å²) in [5, 5.41) is 9.12. The molecule has 2 rings (SSSR count). The van der Waals surface area contributed by atoms with Crippen LogP contribution in [-0.2, 0) is 0 Å². The van der Waals surface area contributed by atoms with E-state index in [1.54, 1.807) is 0 Å². The summed E-state index contributed by atoms with van der Waals surface area (Å²) >= 11 is 0. The topological polar surface area (TPSA) is 38.0 Å². The second-order valence-electron chi connectivity index (χ2n) is 2.75. The molecule has 0 fully saturated rings. The van der Waals surface area contributed by atoms with Gasteiger partial charge in [0.05, 0.1) is 5.52 Å². The minimum absolute atomic E-state index is 0.0998. The van der Waals surface area contributed by atoms with Gasteiger partial charge in [0, 0.05) is 11.6 Å². The number of fused-ring (bicyclic) bond motifs is 1. The fraction of sp³-hybridized carbons (Fsp3) is 0.125. The molecule has 0 aliphatic heterocycles. The number of aryl methyl sites for hydroxylation is 1. The molecule has 13 heavy (non-hydrogen) atoms. The molecule has 0 unspecified atom stereocenters. The van der Waals surface area contributed by atoms with Gasteiger partial charge < -0.3 is 5.21 Å². The zero-order valence-corrected chi connectivity index (χ0v) is 6.75. The maximum atomic E-state index is 13.0. The Hall–Kier alpha value is -1.65. The van der Waals surface area contributed by atoms with Crippen molar-refractivity contribution in [2.24, 2.45) is 0 Å². The summed E-state index contributed by atoms with van der Waals surface area (Å²) in [5.41, 5.74) is 0.528. The van der Waals surface area contributed by atoms with Crippen LogP contribution in [-0.4, -0.2) is 14.9 Å². The monoisotopic (exact) mass is 184 g/mol. The summed E-state index contributed by atoms with van der Waals surface area (Å²) in [6.07, 6.45) is 1.09. The fourth-order valence-corrected chi connectivity index (χ4v) is 1.24. The molecule has 0 amide bonds. The van der Waals surface area contributed by atoms with E-state index in [9.17, 15) is 8.78 Å². The third kappa shape index (κ3) is 0.965. The molecule has 1 aromatic carbocycles. The van der Waals surface area contributed by atoms with Crippen molar-refractivity contribution in [2.75, 3.05) is 0 Å². The first-order valence-corrected chi connectivity index (χ1v) is 3.62. The van der Waals surface area contributed by atoms with Crippen LogP contribution in [0, 0.1) is 18.6 Å². The van der Waals surface area contributed by atoms with Crippen LogP contribution in [0.4, 0.5) is 8.78 Å². The van der Waals surface area contributed by atoms with Gasteiger partial charge in [-0.25, -0.2) is 13.8 Å². The van der Waals surface area contributed by atoms with Crippen molar-refractivity contribution < 1.29 is 14.0 Å². The molecular formula is C8H6F2N2O. The van der Waals surface area contributed by atoms with Gasteiger partial charge in [-0.3, -0.25) is 0 Å². The molecule has 0 saturated carbocycles. The third-order valence-electron chi connectivity index (χ3n) is 1.94. The molecule has 0 atom stereocenters. The van der Waals surface area contributed by atoms with Crippen molar-refractivity contribution in [1.29, 1.82) is 0 Å². The van der Waals surface area contributed by atoms with Gasteiger partial charge in [-0.15, -0.1) is 0 Å². The van der Waals surface area contributed by atoms with Crippen LogP contribution in [0.2, 0.25) is 0 Å². The lowest BCUT2D eigenvalue weighted by Crippen LogP contribution is -1.93. The Morgan fingerprint density at radius 1 is 1.46 bits per heavy atom. The highest BCUT2D eigenvalue weighted by Crippen LogP contribution is 2.21. The van der Waals surface area contributed by atoms with E-state index >= 15 is 0 Å². The lowest BCUT2D eigenvalue weighted by atomic mass is 10.2. The molecule has 5 heteroatoms. The smallest absolute Gasteiger partial charge is 0.164 e. The Morgan fingerprint density at radius 2 is 2.15 bits per heavy atom. The lowest BCUT2D eigenvalue weighted by Gasteiger charge is -1.99. The summed E-state index contributed by atoms with van der Waals surface area (Å²) in [4.78, 5) is 3.73. The normalized spacial score (nSPS) is 11.0. The molecule has 0 bridgehead atoms. The molecule has 0 saturated heterocycles. The first-order valence-electron chi connectivity index (χ1n) is 3.62. The highest BCUT2D eigenvalue weighted by molar-refractivity contribution is 5.78. The second-order valence-corrected chi connectivity index (χ2v) is 2.75. The van der Waals surface area contributed by atoms with Crippen LogP contribution in [0.15, 0.2) is 12.4 Å². The average Bonchev–Trinajstić information content (AvgIpc) is 2.45. The van der Waals surface area contributed by atoms with Crippen LogP contribution in [0.1, 0.15) is 5.56 Å². The van der Waals surface area contributed by atoms with E-state index < -0.39 is 11.6 Å². The Morgan fingerprint density at radius 3 is 2.85 bits per heavy atom. The molecule has 1 aromatic heterocycles. The summed E-state index contributed by atoms with van der Waals surface area (Å²) < 4.78 is 26.5. The molecular weight excluding hydrogens is 178 g/mol. The number of imidazole rings is 1. The maximum absolute atomic E-state index is 13.0. The van der Waals surface area contributed by atoms with Gasteiger partial charge in [0.2, 0.25) is 0 Å². The predicted octanol–water partition coefficient (Wildman–Crippen LogP) is 1.86. The SMILES string of the molecule is Cc1c(F)c(F)cc2c1ncn2O. The molecule has 68 valence electrons. The van der Waals surface area contributed by atoms with E-state index in [2.05, 4.69) is 4.98 Å². The number of hydrogen-bond acceptors (Lipinski definition) is 2. The second kappa shape index (κ2) is 2.42. The van der Waals surface area contributed by atoms with Crippen molar-refractivity contribution >= 4 is 11.0 Å². The van der Waals surface area contributed by atoms with E-state index in [1.807, 2.05) is 0 Å². The van der Waals surface area contributed by atoms with Crippen LogP contribution in [0.5, 0.6) is 0 Å². The summed E-state index contributed by atoms with van der Waals surface area (Å²) in [6.45, 7) is 1.41. The van der Waals surface area contributed by atoms with Crippen molar-refractivity contribution in [1.82, 2.24) is 9.71 Å². The average molecular weight is 184 g/mol. The molecule has 0 aliphatic rings. The number of aromatic nitrogens is 2. The minimum atomic E-state index is -0.985. The maximum Gasteiger partial charge on any atom is 0.164 e. The number of halogens is 2. The van der Waals surface area contributed by atoms with E-state index in [0.717, 1.165) is 12.4 Å². The van der Waals surface area contributed by atoms with Crippen LogP contribution in [0.3, 0.4) is 0 Å². The van der Waals surface area contributed by atoms with E-state index in [-0.39, 0.29) is 16.6 Å². The van der Waals surface area contributed by atoms with Gasteiger partial charge in [-0.2, -0.15) is 4.73 Å². The zero-order valence-electron chi connectivity index (χ0n) is 6.75. The van der Waals surface area contributed by atoms with Crippen molar-refractivity contribution in [3.8, 4) is 0 Å². The van der Waals surface area contributed by atoms with Crippen molar-refractivity contribution in [3.63, 3.8) is 0 Å². The van der Waals surface area contributed by atoms with Crippen molar-refractivity contribution in [2.45, 2.75) is 6.92 Å². The first kappa shape index (κ1) is 7.97.